The summed E-state index contributed by atoms with van der Waals surface area (Å²) in [7, 11) is 0. The van der Waals surface area contributed by atoms with Crippen LogP contribution in [0.4, 0.5) is 32.0 Å². The number of pyridine rings is 1. The molecule has 0 aliphatic rings. The van der Waals surface area contributed by atoms with Crippen LogP contribution < -0.4 is 5.32 Å². The normalized spacial score (nSPS) is 11.9. The van der Waals surface area contributed by atoms with Crippen molar-refractivity contribution in [2.24, 2.45) is 0 Å². The average Bonchev–Trinajstić information content (AvgIpc) is 2.34. The van der Waals surface area contributed by atoms with Crippen LogP contribution in [-0.4, -0.2) is 11.5 Å². The highest BCUT2D eigenvalue weighted by molar-refractivity contribution is 5.92. The van der Waals surface area contributed by atoms with E-state index in [1.165, 1.54) is 0 Å². The van der Waals surface area contributed by atoms with Crippen LogP contribution in [-0.2, 0) is 6.18 Å². The van der Waals surface area contributed by atoms with Crippen molar-refractivity contribution in [2.45, 2.75) is 13.1 Å². The van der Waals surface area contributed by atoms with Gasteiger partial charge in [0.05, 0.1) is 5.39 Å². The first-order chi connectivity index (χ1) is 9.25. The molecule has 0 saturated carbocycles. The zero-order valence-corrected chi connectivity index (χ0v) is 10.1. The van der Waals surface area contributed by atoms with E-state index in [9.17, 15) is 26.3 Å². The summed E-state index contributed by atoms with van der Waals surface area (Å²) in [4.78, 5) is 2.99. The van der Waals surface area contributed by atoms with Crippen molar-refractivity contribution in [3.05, 3.63) is 35.3 Å². The third kappa shape index (κ3) is 2.37. The monoisotopic (exact) mass is 294 g/mol. The van der Waals surface area contributed by atoms with Crippen LogP contribution in [0.15, 0.2) is 12.1 Å². The van der Waals surface area contributed by atoms with Crippen LogP contribution in [0.2, 0.25) is 0 Å². The predicted molar refractivity (Wildman–Crippen MR) is 60.8 cm³/mol. The van der Waals surface area contributed by atoms with Gasteiger partial charge in [-0.05, 0) is 13.0 Å². The maximum Gasteiger partial charge on any atom is 0.433 e. The van der Waals surface area contributed by atoms with Gasteiger partial charge in [-0.3, -0.25) is 0 Å². The van der Waals surface area contributed by atoms with Gasteiger partial charge in [-0.25, -0.2) is 18.2 Å². The summed E-state index contributed by atoms with van der Waals surface area (Å²) in [5.74, 6) is -4.40. The summed E-state index contributed by atoms with van der Waals surface area (Å²) < 4.78 is 78.3. The maximum atomic E-state index is 13.7. The molecule has 2 rings (SSSR count). The summed E-state index contributed by atoms with van der Waals surface area (Å²) in [6.45, 7) is 1.74. The maximum absolute atomic E-state index is 13.7. The van der Waals surface area contributed by atoms with E-state index < -0.39 is 40.2 Å². The number of anilines is 1. The van der Waals surface area contributed by atoms with Crippen molar-refractivity contribution < 1.29 is 26.3 Å². The van der Waals surface area contributed by atoms with Gasteiger partial charge in [0, 0.05) is 18.3 Å². The van der Waals surface area contributed by atoms with Gasteiger partial charge in [-0.1, -0.05) is 0 Å². The first kappa shape index (κ1) is 14.4. The summed E-state index contributed by atoms with van der Waals surface area (Å²) in [6.07, 6.45) is -4.85. The van der Waals surface area contributed by atoms with Gasteiger partial charge in [0.2, 0.25) is 0 Å². The van der Waals surface area contributed by atoms with Gasteiger partial charge in [0.25, 0.3) is 0 Å². The van der Waals surface area contributed by atoms with Crippen molar-refractivity contribution in [3.63, 3.8) is 0 Å². The molecule has 0 bridgehead atoms. The second-order valence-corrected chi connectivity index (χ2v) is 3.96. The Hall–Kier alpha value is -1.99. The number of alkyl halides is 3. The molecule has 1 N–H and O–H groups in total. The molecule has 0 aliphatic carbocycles. The lowest BCUT2D eigenvalue weighted by Crippen LogP contribution is -2.11. The second kappa shape index (κ2) is 4.84. The summed E-state index contributed by atoms with van der Waals surface area (Å²) >= 11 is 0. The lowest BCUT2D eigenvalue weighted by Gasteiger charge is -2.13. The SMILES string of the molecule is CCNc1cc(C(F)(F)F)nc2c(F)c(F)cc(F)c12. The Morgan fingerprint density at radius 3 is 2.30 bits per heavy atom. The van der Waals surface area contributed by atoms with E-state index in [2.05, 4.69) is 10.3 Å². The molecule has 0 unspecified atom stereocenters. The molecule has 8 heteroatoms. The van der Waals surface area contributed by atoms with E-state index in [4.69, 9.17) is 0 Å². The van der Waals surface area contributed by atoms with Crippen molar-refractivity contribution in [2.75, 3.05) is 11.9 Å². The molecule has 0 saturated heterocycles. The predicted octanol–water partition coefficient (Wildman–Crippen LogP) is 4.10. The molecule has 108 valence electrons. The number of rotatable bonds is 2. The molecule has 1 aromatic heterocycles. The lowest BCUT2D eigenvalue weighted by molar-refractivity contribution is -0.140. The number of aromatic nitrogens is 1. The van der Waals surface area contributed by atoms with Gasteiger partial charge < -0.3 is 5.32 Å². The van der Waals surface area contributed by atoms with E-state index in [1.807, 2.05) is 0 Å². The van der Waals surface area contributed by atoms with Crippen molar-refractivity contribution in [1.29, 1.82) is 0 Å². The van der Waals surface area contributed by atoms with Crippen molar-refractivity contribution in [3.8, 4) is 0 Å². The highest BCUT2D eigenvalue weighted by atomic mass is 19.4. The van der Waals surface area contributed by atoms with Gasteiger partial charge in [0.15, 0.2) is 11.6 Å². The van der Waals surface area contributed by atoms with Gasteiger partial charge in [0.1, 0.15) is 17.0 Å². The molecule has 0 fully saturated rings. The van der Waals surface area contributed by atoms with E-state index in [-0.39, 0.29) is 18.3 Å². The second-order valence-electron chi connectivity index (χ2n) is 3.96. The minimum atomic E-state index is -4.85. The zero-order valence-electron chi connectivity index (χ0n) is 10.1. The molecule has 1 aromatic carbocycles. The fraction of sp³-hybridized carbons (Fsp3) is 0.250. The van der Waals surface area contributed by atoms with Crippen molar-refractivity contribution >= 4 is 16.6 Å². The Morgan fingerprint density at radius 2 is 1.75 bits per heavy atom. The Bertz CT molecular complexity index is 665. The van der Waals surface area contributed by atoms with Crippen LogP contribution in [0.25, 0.3) is 10.9 Å². The zero-order chi connectivity index (χ0) is 15.1. The van der Waals surface area contributed by atoms with E-state index in [0.29, 0.717) is 6.07 Å². The average molecular weight is 294 g/mol. The number of nitrogens with one attached hydrogen (secondary N) is 1. The number of benzene rings is 1. The molecular weight excluding hydrogens is 286 g/mol. The topological polar surface area (TPSA) is 24.9 Å². The van der Waals surface area contributed by atoms with Crippen LogP contribution in [0, 0.1) is 17.5 Å². The number of halogens is 6. The van der Waals surface area contributed by atoms with Crippen LogP contribution in [0.3, 0.4) is 0 Å². The number of fused-ring (bicyclic) bond motifs is 1. The van der Waals surface area contributed by atoms with Gasteiger partial charge >= 0.3 is 6.18 Å². The van der Waals surface area contributed by atoms with E-state index >= 15 is 0 Å². The minimum Gasteiger partial charge on any atom is -0.385 e. The summed E-state index contributed by atoms with van der Waals surface area (Å²) in [5.41, 5.74) is -2.71. The Morgan fingerprint density at radius 1 is 1.10 bits per heavy atom. The minimum absolute atomic E-state index is 0.175. The van der Waals surface area contributed by atoms with E-state index in [0.717, 1.165) is 0 Å². The van der Waals surface area contributed by atoms with Crippen molar-refractivity contribution in [1.82, 2.24) is 4.98 Å². The number of hydrogen-bond acceptors (Lipinski definition) is 2. The largest absolute Gasteiger partial charge is 0.433 e. The molecule has 2 nitrogen and oxygen atoms in total. The molecule has 1 heterocycles. The molecular formula is C12H8F6N2. The van der Waals surface area contributed by atoms with Crippen LogP contribution >= 0.6 is 0 Å². The molecule has 2 aromatic rings. The highest BCUT2D eigenvalue weighted by Crippen LogP contribution is 2.35. The molecule has 20 heavy (non-hydrogen) atoms. The van der Waals surface area contributed by atoms with E-state index in [1.54, 1.807) is 6.92 Å². The lowest BCUT2D eigenvalue weighted by atomic mass is 10.1. The third-order valence-electron chi connectivity index (χ3n) is 2.59. The Kier molecular flexibility index (Phi) is 3.49. The Balaban J connectivity index is 2.89. The van der Waals surface area contributed by atoms with Crippen LogP contribution in [0.1, 0.15) is 12.6 Å². The fourth-order valence-corrected chi connectivity index (χ4v) is 1.78. The summed E-state index contributed by atoms with van der Waals surface area (Å²) in [5, 5.41) is 1.97. The molecule has 0 radical (unpaired) electrons. The third-order valence-corrected chi connectivity index (χ3v) is 2.59. The molecule has 0 aliphatic heterocycles. The van der Waals surface area contributed by atoms with Gasteiger partial charge in [-0.2, -0.15) is 13.2 Å². The quantitative estimate of drug-likeness (QED) is 0.666. The smallest absolute Gasteiger partial charge is 0.385 e. The summed E-state index contributed by atoms with van der Waals surface area (Å²) in [6, 6.07) is 0.833. The van der Waals surface area contributed by atoms with Crippen LogP contribution in [0.5, 0.6) is 0 Å². The molecule has 0 atom stereocenters. The first-order valence-electron chi connectivity index (χ1n) is 5.55. The highest BCUT2D eigenvalue weighted by Gasteiger charge is 2.34. The first-order valence-corrected chi connectivity index (χ1v) is 5.55. The Labute approximate surface area is 109 Å². The molecule has 0 amide bonds. The number of hydrogen-bond donors (Lipinski definition) is 1. The standard InChI is InChI=1S/C12H8F6N2/c1-2-19-7-4-8(12(16,17)18)20-11-9(7)5(13)3-6(14)10(11)15/h3-4H,2H2,1H3,(H,19,20). The molecule has 0 spiro atoms. The fourth-order valence-electron chi connectivity index (χ4n) is 1.78. The number of nitrogens with zero attached hydrogens (tertiary/aromatic N) is 1. The van der Waals surface area contributed by atoms with Gasteiger partial charge in [-0.15, -0.1) is 0 Å².